The predicted octanol–water partition coefficient (Wildman–Crippen LogP) is 7.70. The number of ether oxygens (including phenoxy) is 2. The molecule has 0 atom stereocenters. The molecule has 0 saturated heterocycles. The average Bonchev–Trinajstić information content (AvgIpc) is 3.10. The summed E-state index contributed by atoms with van der Waals surface area (Å²) in [5, 5.41) is 35.5. The first-order valence-electron chi connectivity index (χ1n) is 18.1. The van der Waals surface area contributed by atoms with Gasteiger partial charge in [-0.3, -0.25) is 9.80 Å². The van der Waals surface area contributed by atoms with Crippen LogP contribution in [0.15, 0.2) is 72.8 Å². The zero-order chi connectivity index (χ0) is 38.9. The van der Waals surface area contributed by atoms with Crippen molar-refractivity contribution in [2.45, 2.75) is 67.2 Å². The van der Waals surface area contributed by atoms with E-state index >= 15 is 0 Å². The van der Waals surface area contributed by atoms with Gasteiger partial charge in [0.05, 0.1) is 16.7 Å². The maximum absolute atomic E-state index is 11.9. The van der Waals surface area contributed by atoms with Gasteiger partial charge in [0.15, 0.2) is 0 Å². The number of phenols is 3. The fourth-order valence-corrected chi connectivity index (χ4v) is 4.89. The van der Waals surface area contributed by atoms with Crippen LogP contribution in [0.4, 0.5) is 0 Å². The molecule has 0 aliphatic rings. The molecule has 288 valence electrons. The van der Waals surface area contributed by atoms with E-state index in [9.17, 15) is 24.6 Å². The molecule has 3 aromatic rings. The summed E-state index contributed by atoms with van der Waals surface area (Å²) in [5.74, 6) is -0.105. The molecule has 0 heterocycles. The Morgan fingerprint density at radius 1 is 0.538 bits per heavy atom. The summed E-state index contributed by atoms with van der Waals surface area (Å²) in [4.78, 5) is 38.6. The predicted molar refractivity (Wildman–Crippen MR) is 204 cm³/mol. The van der Waals surface area contributed by atoms with Gasteiger partial charge in [0.25, 0.3) is 0 Å². The summed E-state index contributed by atoms with van der Waals surface area (Å²) in [6.07, 6.45) is 4.71. The number of aromatic carboxylic acids is 1. The maximum atomic E-state index is 11.9. The van der Waals surface area contributed by atoms with Gasteiger partial charge in [-0.15, -0.1) is 0 Å². The number of aromatic hydroxyl groups is 3. The Morgan fingerprint density at radius 2 is 0.865 bits per heavy atom. The Kier molecular flexibility index (Phi) is 22.9. The van der Waals surface area contributed by atoms with Crippen LogP contribution in [0.2, 0.25) is 0 Å². The third-order valence-corrected chi connectivity index (χ3v) is 7.50. The van der Waals surface area contributed by atoms with E-state index < -0.39 is 5.97 Å². The molecule has 3 rings (SSSR count). The summed E-state index contributed by atoms with van der Waals surface area (Å²) in [7, 11) is 0. The van der Waals surface area contributed by atoms with E-state index in [-0.39, 0.29) is 34.8 Å². The van der Waals surface area contributed by atoms with Crippen molar-refractivity contribution in [2.24, 2.45) is 11.8 Å². The summed E-state index contributed by atoms with van der Waals surface area (Å²) >= 11 is 0. The number of esters is 2. The zero-order valence-electron chi connectivity index (χ0n) is 31.8. The molecule has 0 spiro atoms. The Morgan fingerprint density at radius 3 is 1.17 bits per heavy atom. The monoisotopic (exact) mass is 724 g/mol. The quantitative estimate of drug-likeness (QED) is 0.0898. The summed E-state index contributed by atoms with van der Waals surface area (Å²) in [6, 6.07) is 17.6. The molecule has 0 bridgehead atoms. The minimum atomic E-state index is -0.986. The van der Waals surface area contributed by atoms with E-state index in [0.29, 0.717) is 36.2 Å². The van der Waals surface area contributed by atoms with Gasteiger partial charge in [0, 0.05) is 26.2 Å². The molecule has 0 saturated carbocycles. The van der Waals surface area contributed by atoms with Gasteiger partial charge < -0.3 is 29.9 Å². The minimum Gasteiger partial charge on any atom is -0.508 e. The number of hydrogen-bond acceptors (Lipinski definition) is 10. The number of unbranched alkanes of at least 4 members (excludes halogenated alkanes) is 2. The van der Waals surface area contributed by atoms with Gasteiger partial charge in [-0.05, 0) is 111 Å². The molecule has 4 N–H and O–H groups in total. The van der Waals surface area contributed by atoms with Crippen LogP contribution in [0, 0.1) is 11.8 Å². The van der Waals surface area contributed by atoms with Crippen molar-refractivity contribution >= 4 is 17.9 Å². The normalized spacial score (nSPS) is 10.7. The van der Waals surface area contributed by atoms with Crippen LogP contribution in [0.25, 0.3) is 0 Å². The number of carbonyl (C=O) groups excluding carboxylic acids is 2. The summed E-state index contributed by atoms with van der Waals surface area (Å²) < 4.78 is 10.6. The van der Waals surface area contributed by atoms with Gasteiger partial charge in [0.2, 0.25) is 0 Å². The van der Waals surface area contributed by atoms with E-state index in [1.807, 2.05) is 0 Å². The number of benzene rings is 3. The molecule has 11 heteroatoms. The van der Waals surface area contributed by atoms with Crippen LogP contribution in [0.5, 0.6) is 17.2 Å². The fraction of sp³-hybridized carbons (Fsp3) is 0.488. The number of carbonyl (C=O) groups is 3. The minimum absolute atomic E-state index is 0.0741. The van der Waals surface area contributed by atoms with Crippen LogP contribution >= 0.6 is 0 Å². The van der Waals surface area contributed by atoms with E-state index in [2.05, 4.69) is 51.3 Å². The van der Waals surface area contributed by atoms with E-state index in [1.54, 1.807) is 24.3 Å². The standard InChI is InChI=1S/2C17H27NO3.C7H6O3/c1-13(2)11-18(12-14(3)4)9-10-21-17(20)15-5-7-16(19)8-6-15;1-3-5-11-18(12-6-4-2)13-14-21-17(20)15-7-9-16(19)10-8-15;8-6-3-1-5(2-4-6)7(9)10/h5-8,13-14,19H,9-12H2,1-4H3;7-10,19H,3-6,11-14H2,1-2H3;1-4,8H,(H,9,10). The maximum Gasteiger partial charge on any atom is 0.338 e. The number of carboxylic acids is 1. The van der Waals surface area contributed by atoms with Crippen molar-refractivity contribution in [3.05, 3.63) is 89.5 Å². The number of phenolic OH excluding ortho intramolecular Hbond substituents is 3. The van der Waals surface area contributed by atoms with Crippen molar-refractivity contribution < 1.29 is 44.3 Å². The van der Waals surface area contributed by atoms with Crippen molar-refractivity contribution in [3.63, 3.8) is 0 Å². The highest BCUT2D eigenvalue weighted by atomic mass is 16.5. The molecule has 0 fully saturated rings. The van der Waals surface area contributed by atoms with Gasteiger partial charge in [-0.2, -0.15) is 0 Å². The molecule has 11 nitrogen and oxygen atoms in total. The molecule has 0 unspecified atom stereocenters. The van der Waals surface area contributed by atoms with Gasteiger partial charge in [0.1, 0.15) is 30.5 Å². The lowest BCUT2D eigenvalue weighted by Gasteiger charge is -2.25. The fourth-order valence-electron chi connectivity index (χ4n) is 4.89. The number of rotatable bonds is 19. The molecule has 0 radical (unpaired) electrons. The number of hydrogen-bond donors (Lipinski definition) is 4. The topological polar surface area (TPSA) is 157 Å². The Balaban J connectivity index is 0.000000414. The summed E-state index contributed by atoms with van der Waals surface area (Å²) in [6.45, 7) is 19.6. The number of carboxylic acid groups (broad SMARTS) is 1. The Hall–Kier alpha value is -4.61. The Labute approximate surface area is 309 Å². The molecular formula is C41H60N2O9. The van der Waals surface area contributed by atoms with Gasteiger partial charge in [-0.1, -0.05) is 54.4 Å². The van der Waals surface area contributed by atoms with Crippen LogP contribution in [0.3, 0.4) is 0 Å². The third kappa shape index (κ3) is 20.9. The van der Waals surface area contributed by atoms with Crippen LogP contribution in [0.1, 0.15) is 98.3 Å². The first-order chi connectivity index (χ1) is 24.7. The third-order valence-electron chi connectivity index (χ3n) is 7.50. The van der Waals surface area contributed by atoms with Gasteiger partial charge in [-0.25, -0.2) is 14.4 Å². The van der Waals surface area contributed by atoms with Crippen molar-refractivity contribution in [1.82, 2.24) is 9.80 Å². The summed E-state index contributed by atoms with van der Waals surface area (Å²) in [5.41, 5.74) is 1.12. The second-order valence-corrected chi connectivity index (χ2v) is 13.3. The van der Waals surface area contributed by atoms with Gasteiger partial charge >= 0.3 is 17.9 Å². The first-order valence-corrected chi connectivity index (χ1v) is 18.1. The first kappa shape index (κ1) is 45.4. The van der Waals surface area contributed by atoms with Crippen LogP contribution in [-0.2, 0) is 9.47 Å². The molecule has 0 aromatic heterocycles. The largest absolute Gasteiger partial charge is 0.508 e. The zero-order valence-corrected chi connectivity index (χ0v) is 31.8. The molecule has 0 aliphatic carbocycles. The SMILES string of the molecule is CC(C)CN(CCOC(=O)c1ccc(O)cc1)CC(C)C.CCCCN(CCCC)CCOC(=O)c1ccc(O)cc1.O=C(O)c1ccc(O)cc1. The average molecular weight is 725 g/mol. The lowest BCUT2D eigenvalue weighted by molar-refractivity contribution is 0.0444. The van der Waals surface area contributed by atoms with E-state index in [4.69, 9.17) is 19.7 Å². The molecule has 3 aromatic carbocycles. The highest BCUT2D eigenvalue weighted by molar-refractivity contribution is 5.90. The van der Waals surface area contributed by atoms with E-state index in [1.165, 1.54) is 74.2 Å². The highest BCUT2D eigenvalue weighted by Crippen LogP contribution is 2.12. The lowest BCUT2D eigenvalue weighted by atomic mass is 10.1. The van der Waals surface area contributed by atoms with Crippen LogP contribution < -0.4 is 0 Å². The molecule has 0 aliphatic heterocycles. The Bertz CT molecular complexity index is 1390. The van der Waals surface area contributed by atoms with Crippen LogP contribution in [-0.4, -0.2) is 101 Å². The van der Waals surface area contributed by atoms with Crippen molar-refractivity contribution in [1.29, 1.82) is 0 Å². The molecule has 52 heavy (non-hydrogen) atoms. The van der Waals surface area contributed by atoms with Crippen molar-refractivity contribution in [2.75, 3.05) is 52.5 Å². The second-order valence-electron chi connectivity index (χ2n) is 13.3. The second kappa shape index (κ2) is 26.2. The van der Waals surface area contributed by atoms with E-state index in [0.717, 1.165) is 39.3 Å². The highest BCUT2D eigenvalue weighted by Gasteiger charge is 2.12. The molecular weight excluding hydrogens is 664 g/mol. The van der Waals surface area contributed by atoms with Crippen molar-refractivity contribution in [3.8, 4) is 17.2 Å². The lowest BCUT2D eigenvalue weighted by Crippen LogP contribution is -2.34. The smallest absolute Gasteiger partial charge is 0.338 e. The number of nitrogens with zero attached hydrogens (tertiary/aromatic N) is 2. The molecule has 0 amide bonds.